The zero-order valence-corrected chi connectivity index (χ0v) is 15.9. The Morgan fingerprint density at radius 1 is 1.31 bits per heavy atom. The van der Waals surface area contributed by atoms with E-state index in [9.17, 15) is 9.18 Å². The fraction of sp³-hybridized carbons (Fsp3) is 0.650. The van der Waals surface area contributed by atoms with E-state index in [0.29, 0.717) is 6.54 Å². The highest BCUT2D eigenvalue weighted by Gasteiger charge is 2.33. The molecule has 6 heteroatoms. The summed E-state index contributed by atoms with van der Waals surface area (Å²) in [6, 6.07) is 4.68. The number of benzene rings is 1. The Bertz CT molecular complexity index is 630. The monoisotopic (exact) mass is 362 g/mol. The van der Waals surface area contributed by atoms with Crippen molar-refractivity contribution in [3.05, 3.63) is 29.6 Å². The Kier molecular flexibility index (Phi) is 6.14. The minimum atomic E-state index is -0.264. The van der Waals surface area contributed by atoms with Crippen LogP contribution in [0.2, 0.25) is 0 Å². The molecule has 3 N–H and O–H groups in total. The second-order valence-corrected chi connectivity index (χ2v) is 7.76. The van der Waals surface area contributed by atoms with Gasteiger partial charge in [-0.2, -0.15) is 0 Å². The molecule has 3 rings (SSSR count). The summed E-state index contributed by atoms with van der Waals surface area (Å²) in [4.78, 5) is 17.3. The molecule has 1 amide bonds. The first kappa shape index (κ1) is 19.1. The van der Waals surface area contributed by atoms with Gasteiger partial charge in [0.05, 0.1) is 6.04 Å². The molecule has 1 saturated carbocycles. The Morgan fingerprint density at radius 3 is 2.73 bits per heavy atom. The third-order valence-electron chi connectivity index (χ3n) is 5.96. The summed E-state index contributed by atoms with van der Waals surface area (Å²) in [6.45, 7) is 6.29. The lowest BCUT2D eigenvalue weighted by Crippen LogP contribution is -2.45. The lowest BCUT2D eigenvalue weighted by molar-refractivity contribution is -0.126. The molecule has 1 heterocycles. The summed E-state index contributed by atoms with van der Waals surface area (Å²) in [5.41, 5.74) is 7.69. The van der Waals surface area contributed by atoms with Crippen LogP contribution in [0.25, 0.3) is 0 Å². The zero-order chi connectivity index (χ0) is 18.7. The molecular formula is C20H31FN4O. The summed E-state index contributed by atoms with van der Waals surface area (Å²) in [5.74, 6) is 0.0497. The molecule has 26 heavy (non-hydrogen) atoms. The summed E-state index contributed by atoms with van der Waals surface area (Å²) in [5, 5.41) is 3.12. The van der Waals surface area contributed by atoms with Crippen LogP contribution in [-0.2, 0) is 4.79 Å². The summed E-state index contributed by atoms with van der Waals surface area (Å²) >= 11 is 0. The van der Waals surface area contributed by atoms with Crippen molar-refractivity contribution in [2.45, 2.75) is 32.2 Å². The van der Waals surface area contributed by atoms with Crippen molar-refractivity contribution in [1.29, 1.82) is 0 Å². The predicted octanol–water partition coefficient (Wildman–Crippen LogP) is 2.13. The Hall–Kier alpha value is -1.66. The highest BCUT2D eigenvalue weighted by molar-refractivity contribution is 5.80. The number of rotatable bonds is 5. The van der Waals surface area contributed by atoms with Crippen molar-refractivity contribution >= 4 is 11.6 Å². The number of amides is 1. The van der Waals surface area contributed by atoms with Crippen molar-refractivity contribution in [3.63, 3.8) is 0 Å². The fourth-order valence-corrected chi connectivity index (χ4v) is 4.27. The summed E-state index contributed by atoms with van der Waals surface area (Å²) < 4.78 is 13.9. The highest BCUT2D eigenvalue weighted by Crippen LogP contribution is 2.33. The second-order valence-electron chi connectivity index (χ2n) is 7.76. The van der Waals surface area contributed by atoms with Gasteiger partial charge in [0.1, 0.15) is 5.82 Å². The number of nitrogens with zero attached hydrogens (tertiary/aromatic N) is 2. The number of piperazine rings is 1. The van der Waals surface area contributed by atoms with Gasteiger partial charge in [-0.1, -0.05) is 6.42 Å². The maximum Gasteiger partial charge on any atom is 0.223 e. The third kappa shape index (κ3) is 4.18. The van der Waals surface area contributed by atoms with Gasteiger partial charge in [0.25, 0.3) is 0 Å². The topological polar surface area (TPSA) is 61.6 Å². The van der Waals surface area contributed by atoms with Crippen molar-refractivity contribution in [3.8, 4) is 0 Å². The maximum atomic E-state index is 13.9. The molecule has 1 aromatic rings. The maximum absolute atomic E-state index is 13.9. The van der Waals surface area contributed by atoms with Crippen LogP contribution in [0.15, 0.2) is 18.2 Å². The van der Waals surface area contributed by atoms with Crippen LogP contribution >= 0.6 is 0 Å². The van der Waals surface area contributed by atoms with Gasteiger partial charge in [0, 0.05) is 43.3 Å². The number of nitrogens with one attached hydrogen (secondary N) is 1. The smallest absolute Gasteiger partial charge is 0.223 e. The number of carbonyl (C=O) groups is 1. The number of halogens is 1. The lowest BCUT2D eigenvalue weighted by Gasteiger charge is -2.36. The molecule has 0 radical (unpaired) electrons. The van der Waals surface area contributed by atoms with Gasteiger partial charge in [-0.25, -0.2) is 4.39 Å². The SMILES string of the molecule is CC(NC(=O)[C@@H]1CCC[C@@H]1CN)c1cc(F)ccc1N1CCN(C)CC1. The Morgan fingerprint density at radius 2 is 2.04 bits per heavy atom. The van der Waals surface area contributed by atoms with Gasteiger partial charge in [-0.15, -0.1) is 0 Å². The fourth-order valence-electron chi connectivity index (χ4n) is 4.27. The van der Waals surface area contributed by atoms with Crippen molar-refractivity contribution in [2.24, 2.45) is 17.6 Å². The highest BCUT2D eigenvalue weighted by atomic mass is 19.1. The molecule has 1 aromatic carbocycles. The van der Waals surface area contributed by atoms with Crippen LogP contribution < -0.4 is 16.0 Å². The first-order chi connectivity index (χ1) is 12.5. The normalized spacial score (nSPS) is 25.3. The number of carbonyl (C=O) groups excluding carboxylic acids is 1. The number of hydrogen-bond acceptors (Lipinski definition) is 4. The van der Waals surface area contributed by atoms with E-state index >= 15 is 0 Å². The molecule has 0 bridgehead atoms. The average Bonchev–Trinajstić information content (AvgIpc) is 3.11. The summed E-state index contributed by atoms with van der Waals surface area (Å²) in [6.07, 6.45) is 2.98. The largest absolute Gasteiger partial charge is 0.369 e. The minimum absolute atomic E-state index is 0.0110. The molecule has 2 aliphatic rings. The van der Waals surface area contributed by atoms with E-state index in [1.165, 1.54) is 6.07 Å². The molecule has 144 valence electrons. The third-order valence-corrected chi connectivity index (χ3v) is 5.96. The van der Waals surface area contributed by atoms with Gasteiger partial charge < -0.3 is 20.9 Å². The van der Waals surface area contributed by atoms with Gasteiger partial charge in [0.2, 0.25) is 5.91 Å². The minimum Gasteiger partial charge on any atom is -0.369 e. The first-order valence-electron chi connectivity index (χ1n) is 9.73. The molecular weight excluding hydrogens is 331 g/mol. The van der Waals surface area contributed by atoms with Gasteiger partial charge in [0.15, 0.2) is 0 Å². The molecule has 1 unspecified atom stereocenters. The molecule has 3 atom stereocenters. The Labute approximate surface area is 155 Å². The molecule has 1 aliphatic heterocycles. The quantitative estimate of drug-likeness (QED) is 0.842. The van der Waals surface area contributed by atoms with Crippen LogP contribution in [0.5, 0.6) is 0 Å². The van der Waals surface area contributed by atoms with Crippen molar-refractivity contribution < 1.29 is 9.18 Å². The number of likely N-dealkylation sites (N-methyl/N-ethyl adjacent to an activating group) is 1. The van der Waals surface area contributed by atoms with Crippen LogP contribution in [0, 0.1) is 17.7 Å². The van der Waals surface area contributed by atoms with Crippen molar-refractivity contribution in [2.75, 3.05) is 44.7 Å². The zero-order valence-electron chi connectivity index (χ0n) is 15.9. The van der Waals surface area contributed by atoms with Crippen LogP contribution in [0.1, 0.15) is 37.8 Å². The number of hydrogen-bond donors (Lipinski definition) is 2. The molecule has 0 spiro atoms. The molecule has 1 saturated heterocycles. The van der Waals surface area contributed by atoms with Crippen LogP contribution in [0.3, 0.4) is 0 Å². The van der Waals surface area contributed by atoms with E-state index in [2.05, 4.69) is 22.2 Å². The van der Waals surface area contributed by atoms with E-state index in [4.69, 9.17) is 5.73 Å². The standard InChI is InChI=1S/C20H31FN4O/c1-14(23-20(26)17-5-3-4-15(17)13-22)18-12-16(21)6-7-19(18)25-10-8-24(2)9-11-25/h6-7,12,14-15,17H,3-5,8-11,13,22H2,1-2H3,(H,23,26)/t14?,15-,17-/m1/s1. The molecule has 0 aromatic heterocycles. The van der Waals surface area contributed by atoms with Crippen LogP contribution in [-0.4, -0.2) is 50.6 Å². The number of nitrogens with two attached hydrogens (primary N) is 1. The lowest BCUT2D eigenvalue weighted by atomic mass is 9.94. The van der Waals surface area contributed by atoms with Crippen molar-refractivity contribution in [1.82, 2.24) is 10.2 Å². The van der Waals surface area contributed by atoms with E-state index in [1.54, 1.807) is 6.07 Å². The molecule has 1 aliphatic carbocycles. The average molecular weight is 362 g/mol. The van der Waals surface area contributed by atoms with E-state index < -0.39 is 0 Å². The molecule has 2 fully saturated rings. The van der Waals surface area contributed by atoms with E-state index in [1.807, 2.05) is 13.0 Å². The van der Waals surface area contributed by atoms with Gasteiger partial charge in [-0.3, -0.25) is 4.79 Å². The summed E-state index contributed by atoms with van der Waals surface area (Å²) in [7, 11) is 2.11. The van der Waals surface area contributed by atoms with Gasteiger partial charge >= 0.3 is 0 Å². The molecule has 5 nitrogen and oxygen atoms in total. The van der Waals surface area contributed by atoms with Gasteiger partial charge in [-0.05, 0) is 57.5 Å². The van der Waals surface area contributed by atoms with E-state index in [0.717, 1.165) is 56.7 Å². The predicted molar refractivity (Wildman–Crippen MR) is 103 cm³/mol. The van der Waals surface area contributed by atoms with E-state index in [-0.39, 0.29) is 29.6 Å². The Balaban J connectivity index is 1.75. The second kappa shape index (κ2) is 8.35. The first-order valence-corrected chi connectivity index (χ1v) is 9.73. The van der Waals surface area contributed by atoms with Crippen LogP contribution in [0.4, 0.5) is 10.1 Å². The number of anilines is 1.